The van der Waals surface area contributed by atoms with Crippen molar-refractivity contribution < 1.29 is 19.0 Å². The van der Waals surface area contributed by atoms with Crippen LogP contribution in [-0.4, -0.2) is 43.1 Å². The maximum absolute atomic E-state index is 12.4. The van der Waals surface area contributed by atoms with Gasteiger partial charge in [0.2, 0.25) is 5.91 Å². The molecule has 0 bridgehead atoms. The van der Waals surface area contributed by atoms with Gasteiger partial charge in [0.1, 0.15) is 12.3 Å². The molecule has 1 heterocycles. The fourth-order valence-electron chi connectivity index (χ4n) is 3.18. The Balaban J connectivity index is 1.60. The summed E-state index contributed by atoms with van der Waals surface area (Å²) in [5, 5.41) is 7.16. The molecule has 1 aromatic heterocycles. The lowest BCUT2D eigenvalue weighted by Crippen LogP contribution is -2.34. The summed E-state index contributed by atoms with van der Waals surface area (Å²) in [5.41, 5.74) is 2.09. The molecule has 8 nitrogen and oxygen atoms in total. The number of benzene rings is 2. The Morgan fingerprint density at radius 2 is 1.75 bits per heavy atom. The molecular weight excluding hydrogens is 410 g/mol. The fourth-order valence-corrected chi connectivity index (χ4v) is 3.18. The second kappa shape index (κ2) is 11.0. The van der Waals surface area contributed by atoms with Crippen molar-refractivity contribution in [3.63, 3.8) is 0 Å². The van der Waals surface area contributed by atoms with Gasteiger partial charge in [0.05, 0.1) is 26.5 Å². The number of methoxy groups -OCH3 is 2. The zero-order chi connectivity index (χ0) is 22.9. The molecule has 3 rings (SSSR count). The fraction of sp³-hybridized carbons (Fsp3) is 0.292. The third-order valence-corrected chi connectivity index (χ3v) is 4.80. The van der Waals surface area contributed by atoms with Gasteiger partial charge in [-0.15, -0.1) is 0 Å². The molecular formula is C24H27N3O5. The van der Waals surface area contributed by atoms with E-state index >= 15 is 0 Å². The van der Waals surface area contributed by atoms with E-state index in [-0.39, 0.29) is 18.0 Å². The number of ether oxygens (including phenoxy) is 3. The third-order valence-electron chi connectivity index (χ3n) is 4.80. The molecule has 2 aromatic carbocycles. The summed E-state index contributed by atoms with van der Waals surface area (Å²) in [6, 6.07) is 16.1. The molecule has 0 aliphatic heterocycles. The van der Waals surface area contributed by atoms with Gasteiger partial charge in [-0.3, -0.25) is 9.59 Å². The monoisotopic (exact) mass is 437 g/mol. The molecule has 8 heteroatoms. The summed E-state index contributed by atoms with van der Waals surface area (Å²) >= 11 is 0. The highest BCUT2D eigenvalue weighted by molar-refractivity contribution is 5.75. The van der Waals surface area contributed by atoms with Crippen LogP contribution in [0, 0.1) is 0 Å². The quantitative estimate of drug-likeness (QED) is 0.524. The van der Waals surface area contributed by atoms with E-state index in [4.69, 9.17) is 14.2 Å². The lowest BCUT2D eigenvalue weighted by atomic mass is 10.1. The lowest BCUT2D eigenvalue weighted by Gasteiger charge is -2.11. The highest BCUT2D eigenvalue weighted by Gasteiger charge is 2.09. The molecule has 0 atom stereocenters. The Morgan fingerprint density at radius 3 is 2.44 bits per heavy atom. The minimum Gasteiger partial charge on any atom is -0.494 e. The number of carbonyl (C=O) groups excluding carboxylic acids is 1. The molecule has 32 heavy (non-hydrogen) atoms. The van der Waals surface area contributed by atoms with Crippen LogP contribution in [0.5, 0.6) is 17.2 Å². The van der Waals surface area contributed by atoms with Crippen LogP contribution in [0.4, 0.5) is 0 Å². The van der Waals surface area contributed by atoms with Crippen LogP contribution in [0.2, 0.25) is 0 Å². The van der Waals surface area contributed by atoms with Crippen LogP contribution in [0.15, 0.2) is 59.4 Å². The van der Waals surface area contributed by atoms with E-state index in [9.17, 15) is 9.59 Å². The molecule has 0 spiro atoms. The number of hydrogen-bond acceptors (Lipinski definition) is 6. The Hall–Kier alpha value is -3.81. The molecule has 1 N–H and O–H groups in total. The smallest absolute Gasteiger partial charge is 0.267 e. The van der Waals surface area contributed by atoms with E-state index in [1.165, 1.54) is 6.07 Å². The van der Waals surface area contributed by atoms with Gasteiger partial charge < -0.3 is 19.5 Å². The van der Waals surface area contributed by atoms with E-state index in [0.29, 0.717) is 36.8 Å². The molecule has 0 saturated carbocycles. The maximum atomic E-state index is 12.4. The molecule has 3 aromatic rings. The average Bonchev–Trinajstić information content (AvgIpc) is 2.81. The van der Waals surface area contributed by atoms with Crippen molar-refractivity contribution in [2.75, 3.05) is 27.4 Å². The molecule has 168 valence electrons. The van der Waals surface area contributed by atoms with Gasteiger partial charge in [-0.2, -0.15) is 5.10 Å². The summed E-state index contributed by atoms with van der Waals surface area (Å²) in [6.07, 6.45) is 0.612. The van der Waals surface area contributed by atoms with Gasteiger partial charge in [-0.05, 0) is 61.4 Å². The second-order valence-electron chi connectivity index (χ2n) is 6.96. The molecule has 0 fully saturated rings. The van der Waals surface area contributed by atoms with Gasteiger partial charge in [0.25, 0.3) is 5.56 Å². The first kappa shape index (κ1) is 22.9. The minimum absolute atomic E-state index is 0.157. The number of hydrogen-bond donors (Lipinski definition) is 1. The van der Waals surface area contributed by atoms with Crippen LogP contribution >= 0.6 is 0 Å². The zero-order valence-corrected chi connectivity index (χ0v) is 18.5. The van der Waals surface area contributed by atoms with Gasteiger partial charge in [-0.25, -0.2) is 4.68 Å². The summed E-state index contributed by atoms with van der Waals surface area (Å²) in [5.74, 6) is 1.76. The van der Waals surface area contributed by atoms with E-state index in [1.807, 2.05) is 49.4 Å². The molecule has 0 radical (unpaired) electrons. The van der Waals surface area contributed by atoms with Crippen LogP contribution < -0.4 is 25.1 Å². The van der Waals surface area contributed by atoms with Crippen LogP contribution in [0.1, 0.15) is 12.5 Å². The maximum Gasteiger partial charge on any atom is 0.267 e. The normalized spacial score (nSPS) is 10.5. The summed E-state index contributed by atoms with van der Waals surface area (Å²) in [6.45, 7) is 2.77. The third kappa shape index (κ3) is 5.87. The second-order valence-corrected chi connectivity index (χ2v) is 6.96. The topological polar surface area (TPSA) is 91.7 Å². The zero-order valence-electron chi connectivity index (χ0n) is 18.5. The van der Waals surface area contributed by atoms with Crippen LogP contribution in [-0.2, 0) is 17.8 Å². The van der Waals surface area contributed by atoms with Gasteiger partial charge in [0.15, 0.2) is 11.5 Å². The van der Waals surface area contributed by atoms with Crippen molar-refractivity contribution in [2.45, 2.75) is 19.9 Å². The lowest BCUT2D eigenvalue weighted by molar-refractivity contribution is -0.121. The molecule has 0 unspecified atom stereocenters. The van der Waals surface area contributed by atoms with Crippen molar-refractivity contribution >= 4 is 5.91 Å². The predicted octanol–water partition coefficient (Wildman–Crippen LogP) is 2.69. The molecule has 0 aliphatic carbocycles. The van der Waals surface area contributed by atoms with Crippen molar-refractivity contribution in [3.05, 3.63) is 70.5 Å². The van der Waals surface area contributed by atoms with E-state index in [2.05, 4.69) is 10.4 Å². The Kier molecular flexibility index (Phi) is 7.85. The van der Waals surface area contributed by atoms with Crippen LogP contribution in [0.3, 0.4) is 0 Å². The number of nitrogens with one attached hydrogen (secondary N) is 1. The number of aromatic nitrogens is 2. The van der Waals surface area contributed by atoms with E-state index < -0.39 is 0 Å². The van der Waals surface area contributed by atoms with Crippen molar-refractivity contribution in [1.82, 2.24) is 15.1 Å². The number of carbonyl (C=O) groups is 1. The highest BCUT2D eigenvalue weighted by atomic mass is 16.5. The summed E-state index contributed by atoms with van der Waals surface area (Å²) in [7, 11) is 3.16. The molecule has 1 amide bonds. The van der Waals surface area contributed by atoms with Gasteiger partial charge in [-0.1, -0.05) is 6.07 Å². The molecule has 0 saturated heterocycles. The highest BCUT2D eigenvalue weighted by Crippen LogP contribution is 2.27. The SMILES string of the molecule is CCOc1ccc(-c2ccc(=O)n(CC(=O)NCCc3ccc(OC)c(OC)c3)n2)cc1. The van der Waals surface area contributed by atoms with E-state index in [0.717, 1.165) is 21.6 Å². The summed E-state index contributed by atoms with van der Waals surface area (Å²) < 4.78 is 17.1. The molecule has 0 aliphatic rings. The van der Waals surface area contributed by atoms with Crippen molar-refractivity contribution in [3.8, 4) is 28.5 Å². The van der Waals surface area contributed by atoms with Crippen molar-refractivity contribution in [1.29, 1.82) is 0 Å². The van der Waals surface area contributed by atoms with Crippen LogP contribution in [0.25, 0.3) is 11.3 Å². The van der Waals surface area contributed by atoms with Crippen molar-refractivity contribution in [2.24, 2.45) is 0 Å². The Morgan fingerprint density at radius 1 is 1.00 bits per heavy atom. The summed E-state index contributed by atoms with van der Waals surface area (Å²) in [4.78, 5) is 24.5. The number of rotatable bonds is 10. The Bertz CT molecular complexity index is 1110. The standard InChI is InChI=1S/C24H27N3O5/c1-4-32-19-8-6-18(7-9-19)20-10-12-24(29)27(26-20)16-23(28)25-14-13-17-5-11-21(30-2)22(15-17)31-3/h5-12,15H,4,13-14,16H2,1-3H3,(H,25,28). The van der Waals surface area contributed by atoms with E-state index in [1.54, 1.807) is 20.3 Å². The number of amides is 1. The predicted molar refractivity (Wildman–Crippen MR) is 121 cm³/mol. The van der Waals surface area contributed by atoms with Gasteiger partial charge in [0, 0.05) is 18.2 Å². The van der Waals surface area contributed by atoms with Gasteiger partial charge >= 0.3 is 0 Å². The Labute approximate surface area is 186 Å². The average molecular weight is 437 g/mol. The first-order chi connectivity index (χ1) is 15.5. The number of nitrogens with zero attached hydrogens (tertiary/aromatic N) is 2. The first-order valence-electron chi connectivity index (χ1n) is 10.3. The first-order valence-corrected chi connectivity index (χ1v) is 10.3. The minimum atomic E-state index is -0.338. The largest absolute Gasteiger partial charge is 0.494 e.